The molecule has 6 nitrogen and oxygen atoms in total. The third-order valence-electron chi connectivity index (χ3n) is 2.20. The van der Waals surface area contributed by atoms with Crippen molar-refractivity contribution in [1.82, 2.24) is 5.32 Å². The van der Waals surface area contributed by atoms with E-state index >= 15 is 0 Å². The Morgan fingerprint density at radius 1 is 1.53 bits per heavy atom. The van der Waals surface area contributed by atoms with E-state index in [1.165, 1.54) is 0 Å². The fourth-order valence-corrected chi connectivity index (χ4v) is 1.34. The number of rotatable bonds is 6. The van der Waals surface area contributed by atoms with Crippen LogP contribution in [-0.4, -0.2) is 29.6 Å². The van der Waals surface area contributed by atoms with E-state index in [4.69, 9.17) is 15.3 Å². The van der Waals surface area contributed by atoms with Gasteiger partial charge in [-0.2, -0.15) is 0 Å². The van der Waals surface area contributed by atoms with Crippen LogP contribution in [0.1, 0.15) is 17.9 Å². The predicted octanol–water partition coefficient (Wildman–Crippen LogP) is 0.0487. The zero-order valence-corrected chi connectivity index (χ0v) is 9.60. The van der Waals surface area contributed by atoms with Crippen LogP contribution in [0.5, 0.6) is 0 Å². The number of carbonyl (C=O) groups excluding carboxylic acids is 1. The predicted molar refractivity (Wildman–Crippen MR) is 60.4 cm³/mol. The Balaban J connectivity index is 2.26. The second kappa shape index (κ2) is 6.05. The van der Waals surface area contributed by atoms with Gasteiger partial charge in [-0.25, -0.2) is 0 Å². The van der Waals surface area contributed by atoms with Crippen molar-refractivity contribution in [2.75, 3.05) is 6.54 Å². The van der Waals surface area contributed by atoms with E-state index in [-0.39, 0.29) is 6.42 Å². The number of hydrogen-bond donors (Lipinski definition) is 3. The molecule has 1 amide bonds. The summed E-state index contributed by atoms with van der Waals surface area (Å²) in [5.41, 5.74) is 5.39. The van der Waals surface area contributed by atoms with Gasteiger partial charge in [-0.1, -0.05) is 0 Å². The first-order valence-corrected chi connectivity index (χ1v) is 5.29. The summed E-state index contributed by atoms with van der Waals surface area (Å²) >= 11 is 0. The van der Waals surface area contributed by atoms with Gasteiger partial charge < -0.3 is 20.6 Å². The number of nitrogens with one attached hydrogen (secondary N) is 1. The van der Waals surface area contributed by atoms with Crippen LogP contribution in [0.25, 0.3) is 0 Å². The van der Waals surface area contributed by atoms with Crippen LogP contribution in [0, 0.1) is 6.92 Å². The van der Waals surface area contributed by atoms with E-state index in [0.717, 1.165) is 11.5 Å². The maximum Gasteiger partial charge on any atom is 0.305 e. The molecule has 0 saturated heterocycles. The van der Waals surface area contributed by atoms with Gasteiger partial charge >= 0.3 is 5.97 Å². The molecule has 0 saturated carbocycles. The number of nitrogens with two attached hydrogens (primary N) is 1. The molecule has 94 valence electrons. The molecule has 17 heavy (non-hydrogen) atoms. The summed E-state index contributed by atoms with van der Waals surface area (Å²) in [5, 5.41) is 11.0. The minimum Gasteiger partial charge on any atom is -0.481 e. The highest BCUT2D eigenvalue weighted by molar-refractivity contribution is 5.85. The van der Waals surface area contributed by atoms with Crippen molar-refractivity contribution < 1.29 is 19.1 Å². The Bertz CT molecular complexity index is 400. The molecule has 0 aliphatic rings. The minimum absolute atomic E-state index is 0.369. The average molecular weight is 240 g/mol. The Morgan fingerprint density at radius 2 is 2.24 bits per heavy atom. The molecule has 1 heterocycles. The Morgan fingerprint density at radius 3 is 2.76 bits per heavy atom. The molecule has 0 radical (unpaired) electrons. The molecule has 1 aromatic rings. The van der Waals surface area contributed by atoms with Crippen molar-refractivity contribution in [3.63, 3.8) is 0 Å². The fraction of sp³-hybridized carbons (Fsp3) is 0.455. The molecule has 1 atom stereocenters. The molecular weight excluding hydrogens is 224 g/mol. The molecule has 0 bridgehead atoms. The van der Waals surface area contributed by atoms with E-state index < -0.39 is 17.9 Å². The lowest BCUT2D eigenvalue weighted by molar-refractivity contribution is -0.139. The number of carbonyl (C=O) groups is 2. The van der Waals surface area contributed by atoms with Crippen LogP contribution in [0.3, 0.4) is 0 Å². The van der Waals surface area contributed by atoms with Crippen molar-refractivity contribution in [1.29, 1.82) is 0 Å². The number of hydrogen-bond acceptors (Lipinski definition) is 4. The lowest BCUT2D eigenvalue weighted by Gasteiger charge is -2.09. The third kappa shape index (κ3) is 4.69. The molecule has 0 spiro atoms. The first-order valence-electron chi connectivity index (χ1n) is 5.29. The van der Waals surface area contributed by atoms with Crippen molar-refractivity contribution in [2.45, 2.75) is 25.8 Å². The van der Waals surface area contributed by atoms with E-state index in [1.54, 1.807) is 0 Å². The molecular formula is C11H16N2O4. The van der Waals surface area contributed by atoms with Gasteiger partial charge in [-0.05, 0) is 19.1 Å². The number of carboxylic acids is 1. The lowest BCUT2D eigenvalue weighted by Crippen LogP contribution is -2.42. The summed E-state index contributed by atoms with van der Waals surface area (Å²) in [4.78, 5) is 21.7. The van der Waals surface area contributed by atoms with E-state index in [1.807, 2.05) is 19.1 Å². The fourth-order valence-electron chi connectivity index (χ4n) is 1.34. The van der Waals surface area contributed by atoms with Gasteiger partial charge in [-0.15, -0.1) is 0 Å². The standard InChI is InChI=1S/C11H16N2O4/c1-7-2-3-8(17-7)4-5-13-11(16)9(12)6-10(14)15/h2-3,9H,4-6,12H2,1H3,(H,13,16)(H,14,15). The first-order chi connectivity index (χ1) is 7.99. The third-order valence-corrected chi connectivity index (χ3v) is 2.20. The molecule has 0 fully saturated rings. The van der Waals surface area contributed by atoms with E-state index in [2.05, 4.69) is 5.32 Å². The first kappa shape index (κ1) is 13.2. The summed E-state index contributed by atoms with van der Waals surface area (Å²) < 4.78 is 5.31. The summed E-state index contributed by atoms with van der Waals surface area (Å²) in [6.45, 7) is 2.21. The maximum atomic E-state index is 11.3. The Hall–Kier alpha value is -1.82. The number of aryl methyl sites for hydroxylation is 1. The molecule has 0 aliphatic carbocycles. The SMILES string of the molecule is Cc1ccc(CCNC(=O)C(N)CC(=O)O)o1. The highest BCUT2D eigenvalue weighted by atomic mass is 16.4. The van der Waals surface area contributed by atoms with Crippen LogP contribution >= 0.6 is 0 Å². The van der Waals surface area contributed by atoms with Gasteiger partial charge in [0, 0.05) is 13.0 Å². The Kier molecular flexibility index (Phi) is 4.71. The number of carboxylic acid groups (broad SMARTS) is 1. The quantitative estimate of drug-likeness (QED) is 0.651. The summed E-state index contributed by atoms with van der Waals surface area (Å²) in [5.74, 6) is 0.0356. The Labute approximate surface area is 98.8 Å². The lowest BCUT2D eigenvalue weighted by atomic mass is 10.2. The topological polar surface area (TPSA) is 106 Å². The van der Waals surface area contributed by atoms with Crippen LogP contribution in [0.4, 0.5) is 0 Å². The molecule has 6 heteroatoms. The molecule has 0 aliphatic heterocycles. The van der Waals surface area contributed by atoms with Crippen molar-refractivity contribution in [3.8, 4) is 0 Å². The van der Waals surface area contributed by atoms with Gasteiger partial charge in [0.25, 0.3) is 0 Å². The molecule has 1 rings (SSSR count). The zero-order chi connectivity index (χ0) is 12.8. The second-order valence-electron chi connectivity index (χ2n) is 3.76. The van der Waals surface area contributed by atoms with E-state index in [9.17, 15) is 9.59 Å². The molecule has 0 aromatic carbocycles. The van der Waals surface area contributed by atoms with Gasteiger partial charge in [0.2, 0.25) is 5.91 Å². The minimum atomic E-state index is -1.09. The molecule has 1 aromatic heterocycles. The largest absolute Gasteiger partial charge is 0.481 e. The monoisotopic (exact) mass is 240 g/mol. The summed E-state index contributed by atoms with van der Waals surface area (Å²) in [6.07, 6.45) is 0.186. The van der Waals surface area contributed by atoms with Crippen LogP contribution in [0.15, 0.2) is 16.5 Å². The molecule has 4 N–H and O–H groups in total. The highest BCUT2D eigenvalue weighted by Gasteiger charge is 2.16. The number of aliphatic carboxylic acids is 1. The maximum absolute atomic E-state index is 11.3. The number of furan rings is 1. The van der Waals surface area contributed by atoms with Gasteiger partial charge in [0.15, 0.2) is 0 Å². The van der Waals surface area contributed by atoms with Crippen molar-refractivity contribution in [3.05, 3.63) is 23.7 Å². The highest BCUT2D eigenvalue weighted by Crippen LogP contribution is 2.05. The smallest absolute Gasteiger partial charge is 0.305 e. The molecule has 1 unspecified atom stereocenters. The zero-order valence-electron chi connectivity index (χ0n) is 9.60. The van der Waals surface area contributed by atoms with Crippen molar-refractivity contribution in [2.24, 2.45) is 5.73 Å². The normalized spacial score (nSPS) is 12.1. The summed E-state index contributed by atoms with van der Waals surface area (Å²) in [7, 11) is 0. The van der Waals surface area contributed by atoms with Gasteiger partial charge in [0.05, 0.1) is 12.5 Å². The average Bonchev–Trinajstić information content (AvgIpc) is 2.63. The van der Waals surface area contributed by atoms with Crippen molar-refractivity contribution >= 4 is 11.9 Å². The number of amides is 1. The second-order valence-corrected chi connectivity index (χ2v) is 3.76. The van der Waals surface area contributed by atoms with Gasteiger partial charge in [0.1, 0.15) is 11.5 Å². The summed E-state index contributed by atoms with van der Waals surface area (Å²) in [6, 6.07) is 2.66. The van der Waals surface area contributed by atoms with E-state index in [0.29, 0.717) is 13.0 Å². The van der Waals surface area contributed by atoms with Gasteiger partial charge in [-0.3, -0.25) is 9.59 Å². The van der Waals surface area contributed by atoms with Crippen LogP contribution in [0.2, 0.25) is 0 Å². The van der Waals surface area contributed by atoms with Crippen LogP contribution in [-0.2, 0) is 16.0 Å². The van der Waals surface area contributed by atoms with Crippen LogP contribution < -0.4 is 11.1 Å².